The first-order valence-corrected chi connectivity index (χ1v) is 10.2. The third-order valence-corrected chi connectivity index (χ3v) is 5.55. The molecule has 0 aliphatic heterocycles. The van der Waals surface area contributed by atoms with Crippen LogP contribution in [0.15, 0.2) is 53.3 Å². The van der Waals surface area contributed by atoms with Gasteiger partial charge in [0, 0.05) is 17.5 Å². The fraction of sp³-hybridized carbons (Fsp3) is 0.143. The van der Waals surface area contributed by atoms with Crippen molar-refractivity contribution < 1.29 is 23.4 Å². The summed E-state index contributed by atoms with van der Waals surface area (Å²) in [6.45, 7) is -0.844. The summed E-state index contributed by atoms with van der Waals surface area (Å²) in [5, 5.41) is 21.8. The molecule has 2 heterocycles. The monoisotopic (exact) mass is 458 g/mol. The van der Waals surface area contributed by atoms with Gasteiger partial charge in [0.1, 0.15) is 22.1 Å². The second-order valence-corrected chi connectivity index (χ2v) is 7.54. The number of para-hydroxylation sites is 1. The zero-order valence-electron chi connectivity index (χ0n) is 16.6. The average Bonchev–Trinajstić information content (AvgIpc) is 3.22. The number of carbonyl (C=O) groups excluding carboxylic acids is 1. The van der Waals surface area contributed by atoms with E-state index in [1.807, 2.05) is 0 Å². The van der Waals surface area contributed by atoms with Crippen molar-refractivity contribution in [1.29, 1.82) is 0 Å². The van der Waals surface area contributed by atoms with Crippen LogP contribution in [0.1, 0.15) is 17.3 Å². The van der Waals surface area contributed by atoms with E-state index in [4.69, 9.17) is 0 Å². The third-order valence-electron chi connectivity index (χ3n) is 4.66. The molecule has 0 aliphatic carbocycles. The van der Waals surface area contributed by atoms with Crippen LogP contribution in [0.2, 0.25) is 0 Å². The lowest BCUT2D eigenvalue weighted by atomic mass is 10.1. The Morgan fingerprint density at radius 3 is 2.59 bits per heavy atom. The molecule has 0 atom stereocenters. The summed E-state index contributed by atoms with van der Waals surface area (Å²) in [7, 11) is 0. The Kier molecular flexibility index (Phi) is 5.82. The SMILES string of the molecule is CCn1c(=O)c(C(=O)Nc2nnc(-c3ccc(OC(F)F)cc3)s2)c(O)c2ccccc21. The Morgan fingerprint density at radius 2 is 1.91 bits per heavy atom. The third kappa shape index (κ3) is 4.02. The number of hydrogen-bond acceptors (Lipinski definition) is 7. The molecule has 2 aromatic carbocycles. The summed E-state index contributed by atoms with van der Waals surface area (Å²) < 4.78 is 30.3. The molecule has 0 unspecified atom stereocenters. The smallest absolute Gasteiger partial charge is 0.387 e. The van der Waals surface area contributed by atoms with E-state index >= 15 is 0 Å². The number of halogens is 2. The van der Waals surface area contributed by atoms with E-state index < -0.39 is 29.4 Å². The lowest BCUT2D eigenvalue weighted by Crippen LogP contribution is -2.29. The van der Waals surface area contributed by atoms with Crippen LogP contribution in [0.3, 0.4) is 0 Å². The number of hydrogen-bond donors (Lipinski definition) is 2. The van der Waals surface area contributed by atoms with Crippen molar-refractivity contribution in [2.75, 3.05) is 5.32 Å². The highest BCUT2D eigenvalue weighted by molar-refractivity contribution is 7.18. The molecule has 0 radical (unpaired) electrons. The first-order chi connectivity index (χ1) is 15.4. The van der Waals surface area contributed by atoms with Gasteiger partial charge in [-0.1, -0.05) is 23.5 Å². The number of benzene rings is 2. The number of alkyl halides is 2. The first-order valence-electron chi connectivity index (χ1n) is 9.43. The molecule has 0 fully saturated rings. The molecule has 0 aliphatic rings. The normalized spacial score (nSPS) is 11.1. The van der Waals surface area contributed by atoms with E-state index in [0.717, 1.165) is 11.3 Å². The Bertz CT molecular complexity index is 1350. The molecular weight excluding hydrogens is 442 g/mol. The van der Waals surface area contributed by atoms with Crippen LogP contribution >= 0.6 is 11.3 Å². The van der Waals surface area contributed by atoms with Crippen LogP contribution in [0.5, 0.6) is 11.5 Å². The number of fused-ring (bicyclic) bond motifs is 1. The molecule has 164 valence electrons. The van der Waals surface area contributed by atoms with Crippen LogP contribution in [-0.2, 0) is 6.54 Å². The van der Waals surface area contributed by atoms with Gasteiger partial charge >= 0.3 is 6.61 Å². The molecular formula is C21H16F2N4O4S. The molecule has 0 bridgehead atoms. The maximum atomic E-state index is 12.8. The van der Waals surface area contributed by atoms with Gasteiger partial charge in [0.2, 0.25) is 5.13 Å². The quantitative estimate of drug-likeness (QED) is 0.451. The molecule has 2 aromatic heterocycles. The Labute approximate surface area is 183 Å². The number of nitrogens with one attached hydrogen (secondary N) is 1. The molecule has 11 heteroatoms. The van der Waals surface area contributed by atoms with Crippen molar-refractivity contribution in [2.45, 2.75) is 20.1 Å². The lowest BCUT2D eigenvalue weighted by molar-refractivity contribution is -0.0498. The van der Waals surface area contributed by atoms with Crippen molar-refractivity contribution >= 4 is 33.3 Å². The number of aromatic hydroxyl groups is 1. The van der Waals surface area contributed by atoms with Gasteiger partial charge in [-0.2, -0.15) is 8.78 Å². The molecule has 4 rings (SSSR count). The minimum Gasteiger partial charge on any atom is -0.506 e. The van der Waals surface area contributed by atoms with E-state index in [-0.39, 0.29) is 10.9 Å². The van der Waals surface area contributed by atoms with E-state index in [9.17, 15) is 23.5 Å². The van der Waals surface area contributed by atoms with Gasteiger partial charge in [-0.05, 0) is 43.3 Å². The predicted molar refractivity (Wildman–Crippen MR) is 115 cm³/mol. The minimum atomic E-state index is -2.92. The van der Waals surface area contributed by atoms with Crippen molar-refractivity contribution in [3.8, 4) is 22.1 Å². The second-order valence-electron chi connectivity index (χ2n) is 6.56. The highest BCUT2D eigenvalue weighted by atomic mass is 32.1. The second kappa shape index (κ2) is 8.71. The van der Waals surface area contributed by atoms with E-state index in [1.54, 1.807) is 31.2 Å². The zero-order valence-corrected chi connectivity index (χ0v) is 17.4. The highest BCUT2D eigenvalue weighted by Gasteiger charge is 2.23. The minimum absolute atomic E-state index is 0.000717. The summed E-state index contributed by atoms with van der Waals surface area (Å²) in [4.78, 5) is 25.7. The van der Waals surface area contributed by atoms with Gasteiger partial charge in [-0.25, -0.2) is 0 Å². The number of aryl methyl sites for hydroxylation is 1. The van der Waals surface area contributed by atoms with Gasteiger partial charge in [0.15, 0.2) is 0 Å². The summed E-state index contributed by atoms with van der Waals surface area (Å²) in [5.74, 6) is -1.23. The Morgan fingerprint density at radius 1 is 1.19 bits per heavy atom. The van der Waals surface area contributed by atoms with E-state index in [1.165, 1.54) is 28.8 Å². The predicted octanol–water partition coefficient (Wildman–Crippen LogP) is 4.10. The number of nitrogens with zero attached hydrogens (tertiary/aromatic N) is 3. The molecule has 8 nitrogen and oxygen atoms in total. The number of carbonyl (C=O) groups is 1. The largest absolute Gasteiger partial charge is 0.506 e. The Hall–Kier alpha value is -3.86. The molecule has 0 spiro atoms. The van der Waals surface area contributed by atoms with Crippen LogP contribution < -0.4 is 15.6 Å². The number of ether oxygens (including phenoxy) is 1. The van der Waals surface area contributed by atoms with Gasteiger partial charge < -0.3 is 14.4 Å². The summed E-state index contributed by atoms with van der Waals surface area (Å²) in [6.07, 6.45) is 0. The lowest BCUT2D eigenvalue weighted by Gasteiger charge is -2.12. The standard InChI is InChI=1S/C21H16F2N4O4S/c1-2-27-14-6-4-3-5-13(14)16(28)15(19(27)30)17(29)24-21-26-25-18(32-21)11-7-9-12(10-8-11)31-20(22)23/h3-10,20,28H,2H2,1H3,(H,24,26,29). The van der Waals surface area contributed by atoms with Gasteiger partial charge in [0.05, 0.1) is 5.52 Å². The maximum Gasteiger partial charge on any atom is 0.387 e. The van der Waals surface area contributed by atoms with Crippen LogP contribution in [0.4, 0.5) is 13.9 Å². The van der Waals surface area contributed by atoms with E-state index in [0.29, 0.717) is 28.0 Å². The van der Waals surface area contributed by atoms with Crippen molar-refractivity contribution in [2.24, 2.45) is 0 Å². The van der Waals surface area contributed by atoms with Crippen molar-refractivity contribution in [1.82, 2.24) is 14.8 Å². The summed E-state index contributed by atoms with van der Waals surface area (Å²) >= 11 is 1.02. The summed E-state index contributed by atoms with van der Waals surface area (Å²) in [5.41, 5.74) is 0.0781. The van der Waals surface area contributed by atoms with Crippen LogP contribution in [0, 0.1) is 0 Å². The van der Waals surface area contributed by atoms with Gasteiger partial charge in [0.25, 0.3) is 11.5 Å². The zero-order chi connectivity index (χ0) is 22.8. The highest BCUT2D eigenvalue weighted by Crippen LogP contribution is 2.30. The van der Waals surface area contributed by atoms with Crippen LogP contribution in [0.25, 0.3) is 21.5 Å². The fourth-order valence-corrected chi connectivity index (χ4v) is 3.98. The van der Waals surface area contributed by atoms with Crippen molar-refractivity contribution in [3.05, 3.63) is 64.4 Å². The first kappa shape index (κ1) is 21.4. The maximum absolute atomic E-state index is 12.8. The van der Waals surface area contributed by atoms with Crippen molar-refractivity contribution in [3.63, 3.8) is 0 Å². The van der Waals surface area contributed by atoms with E-state index in [2.05, 4.69) is 20.3 Å². The number of rotatable bonds is 6. The summed E-state index contributed by atoms with van der Waals surface area (Å²) in [6, 6.07) is 12.5. The fourth-order valence-electron chi connectivity index (χ4n) is 3.24. The molecule has 32 heavy (non-hydrogen) atoms. The van der Waals surface area contributed by atoms with Gasteiger partial charge in [-0.3, -0.25) is 14.9 Å². The number of aromatic nitrogens is 3. The van der Waals surface area contributed by atoms with Crippen LogP contribution in [-0.4, -0.2) is 32.4 Å². The average molecular weight is 458 g/mol. The number of pyridine rings is 1. The molecule has 0 saturated carbocycles. The molecule has 0 saturated heterocycles. The van der Waals surface area contributed by atoms with Gasteiger partial charge in [-0.15, -0.1) is 10.2 Å². The molecule has 1 amide bonds. The Balaban J connectivity index is 1.61. The molecule has 4 aromatic rings. The number of anilines is 1. The molecule has 2 N–H and O–H groups in total. The topological polar surface area (TPSA) is 106 Å². The number of amides is 1.